The summed E-state index contributed by atoms with van der Waals surface area (Å²) in [6.45, 7) is 0. The van der Waals surface area contributed by atoms with Crippen LogP contribution in [0.2, 0.25) is 5.02 Å². The van der Waals surface area contributed by atoms with Gasteiger partial charge in [0.15, 0.2) is 0 Å². The fourth-order valence-corrected chi connectivity index (χ4v) is 4.15. The fourth-order valence-electron chi connectivity index (χ4n) is 3.05. The molecule has 0 aliphatic heterocycles. The van der Waals surface area contributed by atoms with E-state index in [9.17, 15) is 0 Å². The largest absolute Gasteiger partial charge is 0.240 e. The van der Waals surface area contributed by atoms with E-state index in [1.807, 2.05) is 77.5 Å². The van der Waals surface area contributed by atoms with E-state index in [2.05, 4.69) is 12.3 Å². The van der Waals surface area contributed by atoms with Gasteiger partial charge in [-0.3, -0.25) is 0 Å². The molecule has 0 aliphatic carbocycles. The Morgan fingerprint density at radius 2 is 1.56 bits per heavy atom. The van der Waals surface area contributed by atoms with Crippen LogP contribution in [0.25, 0.3) is 37.7 Å². The summed E-state index contributed by atoms with van der Waals surface area (Å²) in [5, 5.41) is 6.54. The van der Waals surface area contributed by atoms with Gasteiger partial charge in [-0.15, -0.1) is 11.3 Å². The van der Waals surface area contributed by atoms with E-state index in [1.165, 1.54) is 4.70 Å². The molecule has 0 fully saturated rings. The van der Waals surface area contributed by atoms with Crippen molar-refractivity contribution in [2.24, 2.45) is 0 Å². The maximum Gasteiger partial charge on any atom is 0.128 e. The number of hydrogen-bond acceptors (Lipinski definition) is 3. The van der Waals surface area contributed by atoms with Crippen LogP contribution in [0.1, 0.15) is 0 Å². The number of halogens is 1. The lowest BCUT2D eigenvalue weighted by atomic mass is 10.1. The molecule has 0 saturated carbocycles. The van der Waals surface area contributed by atoms with Crippen LogP contribution in [0.15, 0.2) is 85.1 Å². The van der Waals surface area contributed by atoms with Crippen LogP contribution < -0.4 is 0 Å². The van der Waals surface area contributed by atoms with Gasteiger partial charge in [-0.2, -0.15) is 5.10 Å². The molecule has 0 amide bonds. The molecule has 3 nitrogen and oxygen atoms in total. The maximum absolute atomic E-state index is 6.07. The molecule has 0 unspecified atom stereocenters. The van der Waals surface area contributed by atoms with Gasteiger partial charge in [0.2, 0.25) is 0 Å². The number of nitrogens with zero attached hydrogens (tertiary/aromatic N) is 3. The number of para-hydroxylation sites is 2. The molecule has 0 aliphatic rings. The number of hydrogen-bond donors (Lipinski definition) is 0. The molecule has 0 spiro atoms. The quantitative estimate of drug-likeness (QED) is 0.355. The Bertz CT molecular complexity index is 1190. The average Bonchev–Trinajstić information content (AvgIpc) is 3.33. The summed E-state index contributed by atoms with van der Waals surface area (Å²) < 4.78 is 3.08. The molecule has 3 aromatic carbocycles. The van der Waals surface area contributed by atoms with Gasteiger partial charge in [0, 0.05) is 16.8 Å². The number of aromatic nitrogens is 3. The molecule has 0 atom stereocenters. The highest BCUT2D eigenvalue weighted by Crippen LogP contribution is 2.36. The molecule has 5 rings (SSSR count). The van der Waals surface area contributed by atoms with Crippen molar-refractivity contribution < 1.29 is 0 Å². The summed E-state index contributed by atoms with van der Waals surface area (Å²) in [6.07, 6.45) is 2.05. The van der Waals surface area contributed by atoms with Crippen molar-refractivity contribution in [2.75, 3.05) is 0 Å². The van der Waals surface area contributed by atoms with E-state index in [0.29, 0.717) is 5.02 Å². The van der Waals surface area contributed by atoms with Crippen molar-refractivity contribution in [1.82, 2.24) is 14.8 Å². The second-order valence-corrected chi connectivity index (χ2v) is 7.63. The standard InChI is InChI=1S/C22H14ClN3S/c23-16-12-10-15(11-13-16)21-18(14-26(25-21)17-6-2-1-3-7-17)22-24-19-8-4-5-9-20(19)27-22/h1-14H. The molecule has 27 heavy (non-hydrogen) atoms. The zero-order valence-electron chi connectivity index (χ0n) is 14.2. The molecule has 0 N–H and O–H groups in total. The van der Waals surface area contributed by atoms with Crippen molar-refractivity contribution in [2.45, 2.75) is 0 Å². The third-order valence-electron chi connectivity index (χ3n) is 4.38. The third-order valence-corrected chi connectivity index (χ3v) is 5.70. The minimum Gasteiger partial charge on any atom is -0.240 e. The van der Waals surface area contributed by atoms with Crippen molar-refractivity contribution in [3.8, 4) is 27.5 Å². The minimum atomic E-state index is 0.711. The van der Waals surface area contributed by atoms with Gasteiger partial charge in [-0.25, -0.2) is 9.67 Å². The second kappa shape index (κ2) is 6.65. The zero-order chi connectivity index (χ0) is 18.2. The van der Waals surface area contributed by atoms with Crippen LogP contribution in [-0.4, -0.2) is 14.8 Å². The van der Waals surface area contributed by atoms with Gasteiger partial charge >= 0.3 is 0 Å². The lowest BCUT2D eigenvalue weighted by Gasteiger charge is -2.01. The third kappa shape index (κ3) is 3.03. The number of benzene rings is 3. The number of thiazole rings is 1. The van der Waals surface area contributed by atoms with Crippen LogP contribution in [-0.2, 0) is 0 Å². The van der Waals surface area contributed by atoms with Gasteiger partial charge in [-0.05, 0) is 36.4 Å². The molecule has 0 bridgehead atoms. The predicted octanol–water partition coefficient (Wildman–Crippen LogP) is 6.47. The van der Waals surface area contributed by atoms with E-state index in [1.54, 1.807) is 11.3 Å². The first-order valence-corrected chi connectivity index (χ1v) is 9.74. The summed E-state index contributed by atoms with van der Waals surface area (Å²) in [5.41, 5.74) is 4.95. The van der Waals surface area contributed by atoms with Gasteiger partial charge < -0.3 is 0 Å². The molecule has 0 saturated heterocycles. The Morgan fingerprint density at radius 1 is 0.815 bits per heavy atom. The first-order valence-electron chi connectivity index (χ1n) is 8.55. The van der Waals surface area contributed by atoms with Gasteiger partial charge in [0.25, 0.3) is 0 Å². The molecule has 130 valence electrons. The minimum absolute atomic E-state index is 0.711. The lowest BCUT2D eigenvalue weighted by molar-refractivity contribution is 0.884. The average molecular weight is 388 g/mol. The van der Waals surface area contributed by atoms with Crippen LogP contribution >= 0.6 is 22.9 Å². The first kappa shape index (κ1) is 16.2. The van der Waals surface area contributed by atoms with Gasteiger partial charge in [0.05, 0.1) is 21.5 Å². The van der Waals surface area contributed by atoms with Crippen molar-refractivity contribution in [1.29, 1.82) is 0 Å². The van der Waals surface area contributed by atoms with Gasteiger partial charge in [-0.1, -0.05) is 54.1 Å². The van der Waals surface area contributed by atoms with E-state index in [-0.39, 0.29) is 0 Å². The molecular formula is C22H14ClN3S. The molecular weight excluding hydrogens is 374 g/mol. The zero-order valence-corrected chi connectivity index (χ0v) is 15.8. The van der Waals surface area contributed by atoms with Crippen LogP contribution in [0.5, 0.6) is 0 Å². The maximum atomic E-state index is 6.07. The smallest absolute Gasteiger partial charge is 0.128 e. The van der Waals surface area contributed by atoms with Crippen molar-refractivity contribution >= 4 is 33.2 Å². The Balaban J connectivity index is 1.72. The SMILES string of the molecule is Clc1ccc(-c2nn(-c3ccccc3)cc2-c2nc3ccccc3s2)cc1. The Labute approximate surface area is 165 Å². The second-order valence-electron chi connectivity index (χ2n) is 6.17. The lowest BCUT2D eigenvalue weighted by Crippen LogP contribution is -1.93. The van der Waals surface area contributed by atoms with Gasteiger partial charge in [0.1, 0.15) is 10.7 Å². The Kier molecular flexibility index (Phi) is 4.00. The first-order chi connectivity index (χ1) is 13.3. The molecule has 5 heteroatoms. The molecule has 2 aromatic heterocycles. The molecule has 5 aromatic rings. The highest BCUT2D eigenvalue weighted by atomic mass is 35.5. The molecule has 0 radical (unpaired) electrons. The Hall–Kier alpha value is -2.95. The summed E-state index contributed by atoms with van der Waals surface area (Å²) >= 11 is 7.75. The number of fused-ring (bicyclic) bond motifs is 1. The van der Waals surface area contributed by atoms with Crippen LogP contribution in [0, 0.1) is 0 Å². The topological polar surface area (TPSA) is 30.7 Å². The van der Waals surface area contributed by atoms with Crippen LogP contribution in [0.3, 0.4) is 0 Å². The monoisotopic (exact) mass is 387 g/mol. The van der Waals surface area contributed by atoms with Crippen LogP contribution in [0.4, 0.5) is 0 Å². The summed E-state index contributed by atoms with van der Waals surface area (Å²) in [6, 6.07) is 26.1. The highest BCUT2D eigenvalue weighted by molar-refractivity contribution is 7.21. The van der Waals surface area contributed by atoms with Crippen molar-refractivity contribution in [3.63, 3.8) is 0 Å². The fraction of sp³-hybridized carbons (Fsp3) is 0. The Morgan fingerprint density at radius 3 is 2.33 bits per heavy atom. The van der Waals surface area contributed by atoms with Crippen molar-refractivity contribution in [3.05, 3.63) is 90.1 Å². The van der Waals surface area contributed by atoms with E-state index in [4.69, 9.17) is 21.7 Å². The normalized spacial score (nSPS) is 11.1. The van der Waals surface area contributed by atoms with E-state index >= 15 is 0 Å². The summed E-state index contributed by atoms with van der Waals surface area (Å²) in [4.78, 5) is 4.83. The summed E-state index contributed by atoms with van der Waals surface area (Å²) in [7, 11) is 0. The van der Waals surface area contributed by atoms with E-state index in [0.717, 1.165) is 33.0 Å². The number of rotatable bonds is 3. The summed E-state index contributed by atoms with van der Waals surface area (Å²) in [5.74, 6) is 0. The predicted molar refractivity (Wildman–Crippen MR) is 113 cm³/mol. The molecule has 2 heterocycles. The highest BCUT2D eigenvalue weighted by Gasteiger charge is 2.17. The van der Waals surface area contributed by atoms with E-state index < -0.39 is 0 Å².